The first-order valence-electron chi connectivity index (χ1n) is 3.60. The Kier molecular flexibility index (Phi) is 1.42. The van der Waals surface area contributed by atoms with Gasteiger partial charge in [0.1, 0.15) is 6.17 Å². The average Bonchev–Trinajstić information content (AvgIpc) is 2.43. The summed E-state index contributed by atoms with van der Waals surface area (Å²) >= 11 is 0. The predicted octanol–water partition coefficient (Wildman–Crippen LogP) is 0.270. The van der Waals surface area contributed by atoms with Crippen LogP contribution < -0.4 is 0 Å². The lowest BCUT2D eigenvalue weighted by molar-refractivity contribution is 0.272. The van der Waals surface area contributed by atoms with E-state index in [9.17, 15) is 4.39 Å². The number of halogens is 1. The van der Waals surface area contributed by atoms with Crippen molar-refractivity contribution >= 4 is 0 Å². The Labute approximate surface area is 63.5 Å². The summed E-state index contributed by atoms with van der Waals surface area (Å²) in [5.74, 6) is 0. The van der Waals surface area contributed by atoms with Crippen molar-refractivity contribution in [1.29, 1.82) is 0 Å². The van der Waals surface area contributed by atoms with Gasteiger partial charge in [-0.3, -0.25) is 4.68 Å². The van der Waals surface area contributed by atoms with Gasteiger partial charge in [-0.05, 0) is 6.07 Å². The van der Waals surface area contributed by atoms with Gasteiger partial charge in [-0.15, -0.1) is 0 Å². The molecular formula is C7H9FN2O. The first-order valence-corrected chi connectivity index (χ1v) is 3.60. The highest BCUT2D eigenvalue weighted by molar-refractivity contribution is 5.13. The summed E-state index contributed by atoms with van der Waals surface area (Å²) < 4.78 is 14.3. The molecule has 0 radical (unpaired) electrons. The van der Waals surface area contributed by atoms with Crippen molar-refractivity contribution in [1.82, 2.24) is 9.78 Å². The van der Waals surface area contributed by atoms with Crippen LogP contribution in [0.3, 0.4) is 0 Å². The van der Waals surface area contributed by atoms with Crippen LogP contribution in [-0.2, 0) is 19.6 Å². The van der Waals surface area contributed by atoms with E-state index in [0.29, 0.717) is 18.7 Å². The number of hydrogen-bond donors (Lipinski definition) is 1. The molecule has 0 fully saturated rings. The van der Waals surface area contributed by atoms with E-state index in [1.807, 2.05) is 0 Å². The van der Waals surface area contributed by atoms with Crippen molar-refractivity contribution < 1.29 is 9.50 Å². The second kappa shape index (κ2) is 2.30. The monoisotopic (exact) mass is 156 g/mol. The SMILES string of the molecule is OCc1cc2n(n1)CC(F)C2. The second-order valence-corrected chi connectivity index (χ2v) is 2.77. The summed E-state index contributed by atoms with van der Waals surface area (Å²) in [6.45, 7) is 0.284. The van der Waals surface area contributed by atoms with Gasteiger partial charge in [0.05, 0.1) is 18.8 Å². The zero-order valence-electron chi connectivity index (χ0n) is 6.00. The Balaban J connectivity index is 2.29. The van der Waals surface area contributed by atoms with Crippen LogP contribution in [0.15, 0.2) is 6.07 Å². The molecule has 0 saturated heterocycles. The largest absolute Gasteiger partial charge is 0.390 e. The summed E-state index contributed by atoms with van der Waals surface area (Å²) in [6.07, 6.45) is -0.349. The van der Waals surface area contributed by atoms with E-state index in [2.05, 4.69) is 5.10 Å². The molecule has 1 N–H and O–H groups in total. The molecule has 0 aromatic carbocycles. The minimum absolute atomic E-state index is 0.0586. The fourth-order valence-electron chi connectivity index (χ4n) is 1.39. The standard InChI is InChI=1S/C7H9FN2O/c8-5-1-7-2-6(4-11)9-10(7)3-5/h2,5,11H,1,3-4H2. The molecule has 0 amide bonds. The third-order valence-electron chi connectivity index (χ3n) is 1.88. The van der Waals surface area contributed by atoms with E-state index >= 15 is 0 Å². The molecule has 1 atom stereocenters. The number of aromatic nitrogens is 2. The molecule has 1 aliphatic heterocycles. The molecule has 2 heterocycles. The van der Waals surface area contributed by atoms with Gasteiger partial charge in [0.25, 0.3) is 0 Å². The zero-order valence-corrected chi connectivity index (χ0v) is 6.00. The molecule has 1 aromatic heterocycles. The molecule has 0 saturated carbocycles. The Bertz CT molecular complexity index is 248. The maximum atomic E-state index is 12.7. The topological polar surface area (TPSA) is 38.0 Å². The number of nitrogens with zero attached hydrogens (tertiary/aromatic N) is 2. The van der Waals surface area contributed by atoms with E-state index in [1.54, 1.807) is 10.7 Å². The fourth-order valence-corrected chi connectivity index (χ4v) is 1.39. The average molecular weight is 156 g/mol. The van der Waals surface area contributed by atoms with Crippen LogP contribution in [0.25, 0.3) is 0 Å². The molecule has 1 aliphatic rings. The van der Waals surface area contributed by atoms with Crippen LogP contribution >= 0.6 is 0 Å². The van der Waals surface area contributed by atoms with Crippen LogP contribution in [0, 0.1) is 0 Å². The summed E-state index contributed by atoms with van der Waals surface area (Å²) in [7, 11) is 0. The van der Waals surface area contributed by atoms with E-state index in [4.69, 9.17) is 5.11 Å². The van der Waals surface area contributed by atoms with Crippen molar-refractivity contribution in [3.05, 3.63) is 17.5 Å². The van der Waals surface area contributed by atoms with E-state index in [1.165, 1.54) is 0 Å². The molecule has 11 heavy (non-hydrogen) atoms. The van der Waals surface area contributed by atoms with Crippen LogP contribution in [0.4, 0.5) is 4.39 Å². The highest BCUT2D eigenvalue weighted by Gasteiger charge is 2.22. The van der Waals surface area contributed by atoms with Gasteiger partial charge < -0.3 is 5.11 Å². The molecule has 0 bridgehead atoms. The van der Waals surface area contributed by atoms with Crippen molar-refractivity contribution in [3.8, 4) is 0 Å². The highest BCUT2D eigenvalue weighted by atomic mass is 19.1. The lowest BCUT2D eigenvalue weighted by atomic mass is 10.2. The number of rotatable bonds is 1. The molecule has 60 valence electrons. The summed E-state index contributed by atoms with van der Waals surface area (Å²) in [4.78, 5) is 0. The van der Waals surface area contributed by atoms with Gasteiger partial charge in [0.15, 0.2) is 0 Å². The molecule has 1 unspecified atom stereocenters. The Hall–Kier alpha value is -0.900. The zero-order chi connectivity index (χ0) is 7.84. The summed E-state index contributed by atoms with van der Waals surface area (Å²) in [5.41, 5.74) is 1.52. The highest BCUT2D eigenvalue weighted by Crippen LogP contribution is 2.17. The third-order valence-corrected chi connectivity index (χ3v) is 1.88. The van der Waals surface area contributed by atoms with Crippen LogP contribution in [0.2, 0.25) is 0 Å². The molecular weight excluding hydrogens is 147 g/mol. The second-order valence-electron chi connectivity index (χ2n) is 2.77. The summed E-state index contributed by atoms with van der Waals surface area (Å²) in [6, 6.07) is 1.75. The molecule has 0 spiro atoms. The third kappa shape index (κ3) is 1.03. The van der Waals surface area contributed by atoms with Gasteiger partial charge in [-0.1, -0.05) is 0 Å². The smallest absolute Gasteiger partial charge is 0.125 e. The van der Waals surface area contributed by atoms with Gasteiger partial charge in [0.2, 0.25) is 0 Å². The van der Waals surface area contributed by atoms with Crippen LogP contribution in [0.1, 0.15) is 11.4 Å². The number of aliphatic hydroxyl groups excluding tert-OH is 1. The lowest BCUT2D eigenvalue weighted by Gasteiger charge is -1.93. The van der Waals surface area contributed by atoms with Gasteiger partial charge in [-0.25, -0.2) is 4.39 Å². The Morgan fingerprint density at radius 2 is 2.64 bits per heavy atom. The Morgan fingerprint density at radius 3 is 3.27 bits per heavy atom. The van der Waals surface area contributed by atoms with E-state index < -0.39 is 6.17 Å². The number of hydrogen-bond acceptors (Lipinski definition) is 2. The summed E-state index contributed by atoms with van der Waals surface area (Å²) in [5, 5.41) is 12.7. The van der Waals surface area contributed by atoms with E-state index in [0.717, 1.165) is 5.69 Å². The molecule has 4 heteroatoms. The molecule has 3 nitrogen and oxygen atoms in total. The number of fused-ring (bicyclic) bond motifs is 1. The van der Waals surface area contributed by atoms with Crippen molar-refractivity contribution in [2.75, 3.05) is 0 Å². The van der Waals surface area contributed by atoms with Gasteiger partial charge >= 0.3 is 0 Å². The van der Waals surface area contributed by atoms with Crippen LogP contribution in [-0.4, -0.2) is 21.1 Å². The lowest BCUT2D eigenvalue weighted by Crippen LogP contribution is -2.03. The fraction of sp³-hybridized carbons (Fsp3) is 0.571. The maximum Gasteiger partial charge on any atom is 0.125 e. The van der Waals surface area contributed by atoms with Crippen molar-refractivity contribution in [3.63, 3.8) is 0 Å². The molecule has 1 aromatic rings. The Morgan fingerprint density at radius 1 is 1.82 bits per heavy atom. The predicted molar refractivity (Wildman–Crippen MR) is 36.7 cm³/mol. The van der Waals surface area contributed by atoms with E-state index in [-0.39, 0.29) is 6.61 Å². The maximum absolute atomic E-state index is 12.7. The first-order chi connectivity index (χ1) is 5.29. The van der Waals surface area contributed by atoms with Crippen molar-refractivity contribution in [2.24, 2.45) is 0 Å². The molecule has 0 aliphatic carbocycles. The number of aliphatic hydroxyl groups is 1. The van der Waals surface area contributed by atoms with Crippen LogP contribution in [0.5, 0.6) is 0 Å². The first kappa shape index (κ1) is 6.79. The minimum atomic E-state index is -0.787. The number of alkyl halides is 1. The van der Waals surface area contributed by atoms with Crippen molar-refractivity contribution in [2.45, 2.75) is 25.7 Å². The van der Waals surface area contributed by atoms with Gasteiger partial charge in [-0.2, -0.15) is 5.10 Å². The quantitative estimate of drug-likeness (QED) is 0.633. The normalized spacial score (nSPS) is 22.2. The minimum Gasteiger partial charge on any atom is -0.390 e. The van der Waals surface area contributed by atoms with Gasteiger partial charge in [0, 0.05) is 12.1 Å². The molecule has 2 rings (SSSR count).